The summed E-state index contributed by atoms with van der Waals surface area (Å²) < 4.78 is 0. The van der Waals surface area contributed by atoms with Gasteiger partial charge in [0.1, 0.15) is 11.1 Å². The van der Waals surface area contributed by atoms with Gasteiger partial charge in [-0.25, -0.2) is 0 Å². The van der Waals surface area contributed by atoms with Crippen LogP contribution < -0.4 is 10.6 Å². The maximum atomic E-state index is 11.3. The Kier molecular flexibility index (Phi) is 3.51. The number of nitrogen functional groups attached to an aromatic ring is 1. The molecule has 1 aromatic carbocycles. The van der Waals surface area contributed by atoms with Crippen LogP contribution >= 0.6 is 11.3 Å². The maximum absolute atomic E-state index is 11.3. The van der Waals surface area contributed by atoms with E-state index in [2.05, 4.69) is 16.0 Å². The number of hydrogen-bond acceptors (Lipinski definition) is 7. The first-order chi connectivity index (χ1) is 12.1. The van der Waals surface area contributed by atoms with Crippen molar-refractivity contribution in [1.29, 1.82) is 5.26 Å². The number of non-ortho nitro benzene ring substituents is 1. The molecule has 8 heteroatoms. The van der Waals surface area contributed by atoms with E-state index in [9.17, 15) is 15.4 Å². The standard InChI is InChI=1S/C17H13N5O2S/c18-7-12-11-4-6-21(9-16(11)25-17(12)19)14-1-2-15(22(23)24)13-8-20-5-3-10(13)14/h1-3,5,8H,4,6,9,19H2. The third-order valence-corrected chi connectivity index (χ3v) is 5.55. The molecule has 0 amide bonds. The number of nitrogens with zero attached hydrogens (tertiary/aromatic N) is 4. The topological polar surface area (TPSA) is 109 Å². The average Bonchev–Trinajstić information content (AvgIpc) is 2.94. The van der Waals surface area contributed by atoms with E-state index >= 15 is 0 Å². The zero-order chi connectivity index (χ0) is 17.6. The summed E-state index contributed by atoms with van der Waals surface area (Å²) in [6.07, 6.45) is 3.90. The summed E-state index contributed by atoms with van der Waals surface area (Å²) in [5, 5.41) is 22.4. The summed E-state index contributed by atoms with van der Waals surface area (Å²) in [5.74, 6) is 0. The first-order valence-electron chi connectivity index (χ1n) is 7.66. The molecule has 1 aliphatic heterocycles. The van der Waals surface area contributed by atoms with Crippen molar-refractivity contribution in [2.45, 2.75) is 13.0 Å². The van der Waals surface area contributed by atoms with Gasteiger partial charge >= 0.3 is 0 Å². The summed E-state index contributed by atoms with van der Waals surface area (Å²) in [6.45, 7) is 1.37. The number of thiophene rings is 1. The van der Waals surface area contributed by atoms with Gasteiger partial charge in [-0.1, -0.05) is 0 Å². The molecule has 2 aromatic heterocycles. The summed E-state index contributed by atoms with van der Waals surface area (Å²) in [7, 11) is 0. The Morgan fingerprint density at radius 1 is 1.36 bits per heavy atom. The van der Waals surface area contributed by atoms with Crippen LogP contribution in [0.5, 0.6) is 0 Å². The molecule has 0 radical (unpaired) electrons. The number of rotatable bonds is 2. The van der Waals surface area contributed by atoms with Gasteiger partial charge in [-0.15, -0.1) is 11.3 Å². The molecular weight excluding hydrogens is 338 g/mol. The van der Waals surface area contributed by atoms with E-state index in [1.165, 1.54) is 23.6 Å². The van der Waals surface area contributed by atoms with Gasteiger partial charge in [0.25, 0.3) is 5.69 Å². The number of nitro groups is 1. The van der Waals surface area contributed by atoms with Crippen molar-refractivity contribution in [3.05, 3.63) is 56.7 Å². The number of nitrogens with two attached hydrogens (primary N) is 1. The zero-order valence-corrected chi connectivity index (χ0v) is 13.9. The van der Waals surface area contributed by atoms with Crippen molar-refractivity contribution >= 4 is 38.5 Å². The molecule has 0 unspecified atom stereocenters. The fourth-order valence-electron chi connectivity index (χ4n) is 3.35. The lowest BCUT2D eigenvalue weighted by atomic mass is 10.0. The smallest absolute Gasteiger partial charge is 0.278 e. The van der Waals surface area contributed by atoms with Crippen LogP contribution in [0.4, 0.5) is 16.4 Å². The van der Waals surface area contributed by atoms with Crippen molar-refractivity contribution < 1.29 is 4.92 Å². The van der Waals surface area contributed by atoms with Crippen LogP contribution in [0.15, 0.2) is 30.6 Å². The molecule has 25 heavy (non-hydrogen) atoms. The number of pyridine rings is 1. The van der Waals surface area contributed by atoms with Crippen molar-refractivity contribution in [3.8, 4) is 6.07 Å². The molecule has 2 N–H and O–H groups in total. The van der Waals surface area contributed by atoms with Gasteiger partial charge in [0, 0.05) is 41.0 Å². The van der Waals surface area contributed by atoms with Crippen LogP contribution in [-0.2, 0) is 13.0 Å². The minimum Gasteiger partial charge on any atom is -0.389 e. The van der Waals surface area contributed by atoms with Crippen LogP contribution in [0, 0.1) is 21.4 Å². The number of anilines is 2. The average molecular weight is 351 g/mol. The van der Waals surface area contributed by atoms with Gasteiger partial charge in [0.05, 0.1) is 22.4 Å². The molecule has 0 saturated heterocycles. The van der Waals surface area contributed by atoms with E-state index in [1.807, 2.05) is 0 Å². The summed E-state index contributed by atoms with van der Waals surface area (Å²) in [6, 6.07) is 7.30. The molecule has 7 nitrogen and oxygen atoms in total. The number of fused-ring (bicyclic) bond motifs is 2. The maximum Gasteiger partial charge on any atom is 0.278 e. The Bertz CT molecular complexity index is 1050. The van der Waals surface area contributed by atoms with Crippen molar-refractivity contribution in [2.75, 3.05) is 17.2 Å². The van der Waals surface area contributed by atoms with Gasteiger partial charge in [0.2, 0.25) is 0 Å². The first kappa shape index (κ1) is 15.4. The third kappa shape index (κ3) is 2.37. The minimum atomic E-state index is -0.388. The predicted octanol–water partition coefficient (Wildman–Crippen LogP) is 3.22. The molecule has 0 aliphatic carbocycles. The fraction of sp³-hybridized carbons (Fsp3) is 0.176. The Morgan fingerprint density at radius 2 is 2.20 bits per heavy atom. The molecule has 0 bridgehead atoms. The quantitative estimate of drug-likeness (QED) is 0.561. The van der Waals surface area contributed by atoms with Crippen LogP contribution in [0.3, 0.4) is 0 Å². The third-order valence-electron chi connectivity index (χ3n) is 4.51. The molecule has 0 spiro atoms. The van der Waals surface area contributed by atoms with Crippen molar-refractivity contribution in [2.24, 2.45) is 0 Å². The number of hydrogen-bond donors (Lipinski definition) is 1. The number of aromatic nitrogens is 1. The summed E-state index contributed by atoms with van der Waals surface area (Å²) in [5.41, 5.74) is 8.57. The lowest BCUT2D eigenvalue weighted by molar-refractivity contribution is -0.383. The Hall–Kier alpha value is -3.18. The highest BCUT2D eigenvalue weighted by Gasteiger charge is 2.25. The molecule has 0 atom stereocenters. The fourth-order valence-corrected chi connectivity index (χ4v) is 4.43. The molecule has 3 aromatic rings. The normalized spacial score (nSPS) is 13.5. The highest BCUT2D eigenvalue weighted by Crippen LogP contribution is 2.39. The second-order valence-electron chi connectivity index (χ2n) is 5.81. The monoisotopic (exact) mass is 351 g/mol. The van der Waals surface area contributed by atoms with Crippen molar-refractivity contribution in [3.63, 3.8) is 0 Å². The van der Waals surface area contributed by atoms with Gasteiger partial charge in [0.15, 0.2) is 0 Å². The Morgan fingerprint density at radius 3 is 2.96 bits per heavy atom. The number of benzene rings is 1. The Labute approximate surface area is 147 Å². The van der Waals surface area contributed by atoms with Gasteiger partial charge in [-0.2, -0.15) is 5.26 Å². The molecule has 1 aliphatic rings. The van der Waals surface area contributed by atoms with E-state index in [0.717, 1.165) is 34.5 Å². The summed E-state index contributed by atoms with van der Waals surface area (Å²) in [4.78, 5) is 18.2. The van der Waals surface area contributed by atoms with Gasteiger partial charge < -0.3 is 10.6 Å². The van der Waals surface area contributed by atoms with E-state index < -0.39 is 0 Å². The summed E-state index contributed by atoms with van der Waals surface area (Å²) >= 11 is 1.45. The molecule has 0 fully saturated rings. The Balaban J connectivity index is 1.80. The van der Waals surface area contributed by atoms with Crippen molar-refractivity contribution in [1.82, 2.24) is 4.98 Å². The van der Waals surface area contributed by atoms with E-state index in [4.69, 9.17) is 5.73 Å². The van der Waals surface area contributed by atoms with Crippen LogP contribution in [0.2, 0.25) is 0 Å². The largest absolute Gasteiger partial charge is 0.389 e. The second-order valence-corrected chi connectivity index (χ2v) is 6.95. The van der Waals surface area contributed by atoms with Gasteiger partial charge in [-0.05, 0) is 24.1 Å². The molecule has 0 saturated carbocycles. The lowest BCUT2D eigenvalue weighted by Crippen LogP contribution is -2.29. The van der Waals surface area contributed by atoms with E-state index in [1.54, 1.807) is 18.3 Å². The predicted molar refractivity (Wildman–Crippen MR) is 96.6 cm³/mol. The van der Waals surface area contributed by atoms with Crippen LogP contribution in [-0.4, -0.2) is 16.5 Å². The van der Waals surface area contributed by atoms with Crippen LogP contribution in [0.1, 0.15) is 16.0 Å². The zero-order valence-electron chi connectivity index (χ0n) is 13.1. The van der Waals surface area contributed by atoms with Crippen LogP contribution in [0.25, 0.3) is 10.8 Å². The highest BCUT2D eigenvalue weighted by molar-refractivity contribution is 7.16. The molecule has 3 heterocycles. The minimum absolute atomic E-state index is 0.0525. The lowest BCUT2D eigenvalue weighted by Gasteiger charge is -2.30. The number of nitro benzene ring substituents is 1. The van der Waals surface area contributed by atoms with Gasteiger partial charge in [-0.3, -0.25) is 15.1 Å². The second kappa shape index (κ2) is 5.72. The molecule has 124 valence electrons. The van der Waals surface area contributed by atoms with E-state index in [-0.39, 0.29) is 10.6 Å². The number of nitriles is 1. The molecular formula is C17H13N5O2S. The SMILES string of the molecule is N#Cc1c(N)sc2c1CCN(c1ccc([N+](=O)[O-])c3cnccc13)C2. The highest BCUT2D eigenvalue weighted by atomic mass is 32.1. The first-order valence-corrected chi connectivity index (χ1v) is 8.48. The molecule has 4 rings (SSSR count). The van der Waals surface area contributed by atoms with E-state index in [0.29, 0.717) is 22.5 Å².